The van der Waals surface area contributed by atoms with Crippen LogP contribution >= 0.6 is 11.8 Å². The van der Waals surface area contributed by atoms with E-state index in [9.17, 15) is 4.79 Å². The molecule has 166 valence electrons. The van der Waals surface area contributed by atoms with Gasteiger partial charge in [0.25, 0.3) is 0 Å². The molecular weight excluding hydrogens is 430 g/mol. The second-order valence-electron chi connectivity index (χ2n) is 8.46. The summed E-state index contributed by atoms with van der Waals surface area (Å²) in [6, 6.07) is 23.4. The topological polar surface area (TPSA) is 50.3 Å². The predicted octanol–water partition coefficient (Wildman–Crippen LogP) is 4.72. The van der Waals surface area contributed by atoms with Gasteiger partial charge in [0.2, 0.25) is 0 Å². The van der Waals surface area contributed by atoms with Crippen LogP contribution in [0.25, 0.3) is 22.7 Å². The van der Waals surface area contributed by atoms with Crippen LogP contribution in [-0.4, -0.2) is 47.3 Å². The van der Waals surface area contributed by atoms with Crippen LogP contribution in [0.3, 0.4) is 0 Å². The van der Waals surface area contributed by atoms with Crippen molar-refractivity contribution in [3.63, 3.8) is 0 Å². The lowest BCUT2D eigenvalue weighted by atomic mass is 9.95. The van der Waals surface area contributed by atoms with E-state index in [0.717, 1.165) is 49.4 Å². The summed E-state index contributed by atoms with van der Waals surface area (Å²) in [5.41, 5.74) is 6.58. The molecule has 5 nitrogen and oxygen atoms in total. The number of hydrogen-bond acceptors (Lipinski definition) is 4. The molecule has 6 rings (SSSR count). The summed E-state index contributed by atoms with van der Waals surface area (Å²) in [6.45, 7) is 4.92. The third-order valence-corrected chi connectivity index (χ3v) is 7.58. The number of aromatic amines is 1. The Bertz CT molecular complexity index is 1360. The first kappa shape index (κ1) is 20.5. The highest BCUT2D eigenvalue weighted by Gasteiger charge is 2.20. The Morgan fingerprint density at radius 3 is 2.33 bits per heavy atom. The lowest BCUT2D eigenvalue weighted by Crippen LogP contribution is -2.39. The molecule has 6 heteroatoms. The zero-order valence-electron chi connectivity index (χ0n) is 18.3. The molecule has 0 aliphatic carbocycles. The van der Waals surface area contributed by atoms with E-state index < -0.39 is 0 Å². The van der Waals surface area contributed by atoms with Crippen LogP contribution in [-0.2, 0) is 11.3 Å². The van der Waals surface area contributed by atoms with Gasteiger partial charge in [0.1, 0.15) is 0 Å². The lowest BCUT2D eigenvalue weighted by Gasteiger charge is -2.26. The molecule has 2 aliphatic heterocycles. The van der Waals surface area contributed by atoms with E-state index in [1.54, 1.807) is 0 Å². The fraction of sp³-hybridized carbons (Fsp3) is 0.222. The van der Waals surface area contributed by atoms with E-state index >= 15 is 0 Å². The maximum absolute atomic E-state index is 12.7. The normalized spacial score (nSPS) is 15.9. The molecule has 0 bridgehead atoms. The highest BCUT2D eigenvalue weighted by atomic mass is 32.2. The number of nitrogens with one attached hydrogen (secondary N) is 1. The highest BCUT2D eigenvalue weighted by molar-refractivity contribution is 7.99. The molecule has 4 aromatic rings. The summed E-state index contributed by atoms with van der Waals surface area (Å²) < 4.78 is 7.28. The van der Waals surface area contributed by atoms with Crippen LogP contribution in [0, 0.1) is 0 Å². The first-order valence-corrected chi connectivity index (χ1v) is 12.2. The number of imidazole rings is 1. The summed E-state index contributed by atoms with van der Waals surface area (Å²) in [4.78, 5) is 20.6. The largest absolute Gasteiger partial charge is 0.379 e. The van der Waals surface area contributed by atoms with Gasteiger partial charge in [-0.15, -0.1) is 0 Å². The van der Waals surface area contributed by atoms with E-state index in [-0.39, 0.29) is 5.69 Å². The fourth-order valence-electron chi connectivity index (χ4n) is 4.70. The Morgan fingerprint density at radius 1 is 0.909 bits per heavy atom. The maximum atomic E-state index is 12.7. The molecule has 1 saturated heterocycles. The molecule has 33 heavy (non-hydrogen) atoms. The third kappa shape index (κ3) is 3.95. The Morgan fingerprint density at radius 2 is 1.61 bits per heavy atom. The number of fused-ring (bicyclic) bond motifs is 3. The first-order chi connectivity index (χ1) is 16.3. The van der Waals surface area contributed by atoms with E-state index in [4.69, 9.17) is 4.74 Å². The van der Waals surface area contributed by atoms with Crippen molar-refractivity contribution >= 4 is 34.4 Å². The fourth-order valence-corrected chi connectivity index (χ4v) is 5.81. The Hall–Kier alpha value is -3.06. The van der Waals surface area contributed by atoms with Crippen LogP contribution in [0.4, 0.5) is 0 Å². The number of benzene rings is 3. The van der Waals surface area contributed by atoms with Crippen molar-refractivity contribution in [1.82, 2.24) is 14.5 Å². The van der Waals surface area contributed by atoms with Crippen molar-refractivity contribution in [1.29, 1.82) is 0 Å². The van der Waals surface area contributed by atoms with Crippen molar-refractivity contribution in [3.8, 4) is 0 Å². The van der Waals surface area contributed by atoms with Gasteiger partial charge in [-0.05, 0) is 52.6 Å². The van der Waals surface area contributed by atoms with Crippen molar-refractivity contribution in [3.05, 3.63) is 93.9 Å². The minimum atomic E-state index is -0.0483. The van der Waals surface area contributed by atoms with E-state index in [1.165, 1.54) is 26.5 Å². The summed E-state index contributed by atoms with van der Waals surface area (Å²) in [6.07, 6.45) is 2.24. The van der Waals surface area contributed by atoms with E-state index in [0.29, 0.717) is 6.54 Å². The van der Waals surface area contributed by atoms with Gasteiger partial charge >= 0.3 is 5.69 Å². The molecular formula is C27H25N3O2S. The zero-order chi connectivity index (χ0) is 22.2. The molecule has 0 saturated carbocycles. The van der Waals surface area contributed by atoms with E-state index in [2.05, 4.69) is 82.7 Å². The quantitative estimate of drug-likeness (QED) is 0.426. The predicted molar refractivity (Wildman–Crippen MR) is 134 cm³/mol. The summed E-state index contributed by atoms with van der Waals surface area (Å²) in [5.74, 6) is 0. The van der Waals surface area contributed by atoms with Gasteiger partial charge in [0, 0.05) is 36.0 Å². The Balaban J connectivity index is 1.36. The van der Waals surface area contributed by atoms with Gasteiger partial charge in [-0.3, -0.25) is 9.47 Å². The molecule has 1 aromatic heterocycles. The van der Waals surface area contributed by atoms with Crippen molar-refractivity contribution in [2.75, 3.05) is 32.8 Å². The summed E-state index contributed by atoms with van der Waals surface area (Å²) in [7, 11) is 0. The molecule has 0 amide bonds. The highest BCUT2D eigenvalue weighted by Crippen LogP contribution is 2.45. The molecule has 3 aromatic carbocycles. The van der Waals surface area contributed by atoms with Crippen molar-refractivity contribution in [2.24, 2.45) is 0 Å². The summed E-state index contributed by atoms with van der Waals surface area (Å²) in [5, 5.41) is 0. The minimum Gasteiger partial charge on any atom is -0.379 e. The average Bonchev–Trinajstić information content (AvgIpc) is 3.17. The monoisotopic (exact) mass is 455 g/mol. The molecule has 0 unspecified atom stereocenters. The summed E-state index contributed by atoms with van der Waals surface area (Å²) >= 11 is 1.82. The number of H-pyrrole nitrogens is 1. The van der Waals surface area contributed by atoms with Gasteiger partial charge < -0.3 is 9.72 Å². The molecule has 0 spiro atoms. The van der Waals surface area contributed by atoms with Crippen molar-refractivity contribution < 1.29 is 4.74 Å². The molecule has 3 heterocycles. The van der Waals surface area contributed by atoms with Gasteiger partial charge in [0.15, 0.2) is 0 Å². The SMILES string of the molecule is O=c1[nH]c2cc(C=C3c4ccccc4Sc4ccccc43)ccc2n1CCN1CCOCC1. The second-order valence-corrected chi connectivity index (χ2v) is 9.55. The zero-order valence-corrected chi connectivity index (χ0v) is 19.1. The molecule has 2 aliphatic rings. The maximum Gasteiger partial charge on any atom is 0.326 e. The van der Waals surface area contributed by atoms with Crippen LogP contribution in [0.1, 0.15) is 16.7 Å². The number of morpholine rings is 1. The van der Waals surface area contributed by atoms with Gasteiger partial charge in [-0.25, -0.2) is 4.79 Å². The Labute approximate surface area is 196 Å². The van der Waals surface area contributed by atoms with Gasteiger partial charge in [-0.1, -0.05) is 54.2 Å². The average molecular weight is 456 g/mol. The van der Waals surface area contributed by atoms with Gasteiger partial charge in [-0.2, -0.15) is 0 Å². The van der Waals surface area contributed by atoms with Crippen LogP contribution in [0.2, 0.25) is 0 Å². The van der Waals surface area contributed by atoms with Crippen LogP contribution in [0.5, 0.6) is 0 Å². The molecule has 1 fully saturated rings. The molecule has 0 atom stereocenters. The number of nitrogens with zero attached hydrogens (tertiary/aromatic N) is 2. The first-order valence-electron chi connectivity index (χ1n) is 11.4. The van der Waals surface area contributed by atoms with Crippen LogP contribution < -0.4 is 5.69 Å². The lowest BCUT2D eigenvalue weighted by molar-refractivity contribution is 0.0364. The second kappa shape index (κ2) is 8.71. The number of rotatable bonds is 4. The number of hydrogen-bond donors (Lipinski definition) is 1. The number of ether oxygens (including phenoxy) is 1. The molecule has 0 radical (unpaired) electrons. The van der Waals surface area contributed by atoms with Crippen LogP contribution in [0.15, 0.2) is 81.3 Å². The Kier molecular flexibility index (Phi) is 5.42. The molecule has 1 N–H and O–H groups in total. The third-order valence-electron chi connectivity index (χ3n) is 6.43. The number of aromatic nitrogens is 2. The van der Waals surface area contributed by atoms with E-state index in [1.807, 2.05) is 16.3 Å². The van der Waals surface area contributed by atoms with Crippen molar-refractivity contribution in [2.45, 2.75) is 16.3 Å². The van der Waals surface area contributed by atoms with Gasteiger partial charge in [0.05, 0.1) is 24.2 Å². The minimum absolute atomic E-state index is 0.0483. The smallest absolute Gasteiger partial charge is 0.326 e. The standard InChI is InChI=1S/C27H25N3O2S/c31-27-28-23-18-19(9-10-24(23)30(27)12-11-29-13-15-32-16-14-29)17-22-20-5-1-3-7-25(20)33-26-8-4-2-6-21(22)26/h1-10,17-18H,11-16H2,(H,28,31).